The first-order chi connectivity index (χ1) is 11.2. The van der Waals surface area contributed by atoms with Crippen LogP contribution in [0.2, 0.25) is 0 Å². The van der Waals surface area contributed by atoms with Gasteiger partial charge in [0.05, 0.1) is 22.1 Å². The summed E-state index contributed by atoms with van der Waals surface area (Å²) >= 11 is 4.97. The molecular weight excluding hydrogens is 376 g/mol. The molecule has 3 rings (SSSR count). The number of rotatable bonds is 6. The molecule has 5 nitrogen and oxygen atoms in total. The molecule has 0 fully saturated rings. The Labute approximate surface area is 147 Å². The van der Waals surface area contributed by atoms with Gasteiger partial charge in [0.1, 0.15) is 0 Å². The van der Waals surface area contributed by atoms with Crippen LogP contribution in [0.1, 0.15) is 23.4 Å². The van der Waals surface area contributed by atoms with Gasteiger partial charge in [0, 0.05) is 25.0 Å². The van der Waals surface area contributed by atoms with E-state index in [1.165, 1.54) is 17.1 Å². The van der Waals surface area contributed by atoms with E-state index >= 15 is 0 Å². The van der Waals surface area contributed by atoms with Crippen molar-refractivity contribution >= 4 is 27.5 Å². The molecule has 0 spiro atoms. The van der Waals surface area contributed by atoms with Crippen molar-refractivity contribution in [1.29, 1.82) is 0 Å². The second-order valence-electron chi connectivity index (χ2n) is 5.04. The molecule has 1 atom stereocenters. The fraction of sp³-hybridized carbons (Fsp3) is 0.250. The quantitative estimate of drug-likeness (QED) is 0.689. The van der Waals surface area contributed by atoms with Gasteiger partial charge in [-0.05, 0) is 52.1 Å². The lowest BCUT2D eigenvalue weighted by Crippen LogP contribution is -2.19. The number of aromatic nitrogens is 3. The summed E-state index contributed by atoms with van der Waals surface area (Å²) in [5.74, 6) is 0.636. The van der Waals surface area contributed by atoms with Crippen LogP contribution < -0.4 is 10.1 Å². The SMILES string of the molecule is COc1nsc(CNC(C)c2ccccc2-n2cccn2)c1Br. The van der Waals surface area contributed by atoms with Crippen LogP contribution in [0.25, 0.3) is 5.69 Å². The zero-order chi connectivity index (χ0) is 16.2. The maximum absolute atomic E-state index is 5.20. The minimum Gasteiger partial charge on any atom is -0.480 e. The van der Waals surface area contributed by atoms with Gasteiger partial charge in [0.2, 0.25) is 5.88 Å². The minimum atomic E-state index is 0.176. The van der Waals surface area contributed by atoms with Gasteiger partial charge in [-0.2, -0.15) is 9.47 Å². The monoisotopic (exact) mass is 392 g/mol. The summed E-state index contributed by atoms with van der Waals surface area (Å²) in [4.78, 5) is 1.12. The molecule has 0 amide bonds. The average Bonchev–Trinajstić information content (AvgIpc) is 3.22. The largest absolute Gasteiger partial charge is 0.480 e. The highest BCUT2D eigenvalue weighted by Crippen LogP contribution is 2.31. The van der Waals surface area contributed by atoms with Crippen molar-refractivity contribution < 1.29 is 4.74 Å². The predicted molar refractivity (Wildman–Crippen MR) is 95.2 cm³/mol. The highest BCUT2D eigenvalue weighted by atomic mass is 79.9. The van der Waals surface area contributed by atoms with Gasteiger partial charge in [-0.1, -0.05) is 18.2 Å². The number of nitrogens with one attached hydrogen (secondary N) is 1. The van der Waals surface area contributed by atoms with E-state index in [1.807, 2.05) is 29.1 Å². The highest BCUT2D eigenvalue weighted by Gasteiger charge is 2.15. The van der Waals surface area contributed by atoms with Crippen molar-refractivity contribution in [1.82, 2.24) is 19.5 Å². The zero-order valence-electron chi connectivity index (χ0n) is 12.9. The molecule has 2 heterocycles. The third-order valence-corrected chi connectivity index (χ3v) is 5.49. The molecule has 3 aromatic rings. The van der Waals surface area contributed by atoms with E-state index in [4.69, 9.17) is 4.74 Å². The number of methoxy groups -OCH3 is 1. The lowest BCUT2D eigenvalue weighted by Gasteiger charge is -2.17. The highest BCUT2D eigenvalue weighted by molar-refractivity contribution is 9.10. The number of benzene rings is 1. The molecule has 1 aromatic carbocycles. The normalized spacial score (nSPS) is 12.3. The van der Waals surface area contributed by atoms with Crippen LogP contribution in [0.4, 0.5) is 0 Å². The van der Waals surface area contributed by atoms with Gasteiger partial charge < -0.3 is 10.1 Å². The van der Waals surface area contributed by atoms with E-state index in [-0.39, 0.29) is 6.04 Å². The fourth-order valence-corrected chi connectivity index (χ4v) is 3.76. The molecule has 2 aromatic heterocycles. The molecule has 0 aliphatic rings. The molecule has 0 aliphatic heterocycles. The fourth-order valence-electron chi connectivity index (χ4n) is 2.36. The first-order valence-corrected chi connectivity index (χ1v) is 8.77. The van der Waals surface area contributed by atoms with Crippen molar-refractivity contribution in [2.75, 3.05) is 7.11 Å². The van der Waals surface area contributed by atoms with Crippen LogP contribution in [0.15, 0.2) is 47.2 Å². The third kappa shape index (κ3) is 3.46. The number of nitrogens with zero attached hydrogens (tertiary/aromatic N) is 3. The lowest BCUT2D eigenvalue weighted by molar-refractivity contribution is 0.399. The summed E-state index contributed by atoms with van der Waals surface area (Å²) in [6.45, 7) is 2.87. The van der Waals surface area contributed by atoms with Crippen LogP contribution in [0, 0.1) is 0 Å². The van der Waals surface area contributed by atoms with Crippen molar-refractivity contribution in [2.45, 2.75) is 19.5 Å². The summed E-state index contributed by atoms with van der Waals surface area (Å²) in [5.41, 5.74) is 2.28. The van der Waals surface area contributed by atoms with Gasteiger partial charge in [0.15, 0.2) is 0 Å². The van der Waals surface area contributed by atoms with E-state index in [2.05, 4.69) is 49.8 Å². The van der Waals surface area contributed by atoms with E-state index in [1.54, 1.807) is 13.3 Å². The summed E-state index contributed by atoms with van der Waals surface area (Å²) in [6.07, 6.45) is 3.74. The first-order valence-electron chi connectivity index (χ1n) is 7.21. The molecule has 0 aliphatic carbocycles. The van der Waals surface area contributed by atoms with Gasteiger partial charge >= 0.3 is 0 Å². The molecule has 1 N–H and O–H groups in total. The molecule has 0 bridgehead atoms. The molecule has 23 heavy (non-hydrogen) atoms. The Morgan fingerprint density at radius 2 is 2.17 bits per heavy atom. The zero-order valence-corrected chi connectivity index (χ0v) is 15.3. The Bertz CT molecular complexity index is 772. The third-order valence-electron chi connectivity index (χ3n) is 3.59. The van der Waals surface area contributed by atoms with Gasteiger partial charge in [-0.25, -0.2) is 4.68 Å². The van der Waals surface area contributed by atoms with Crippen molar-refractivity contribution in [2.24, 2.45) is 0 Å². The Hall–Kier alpha value is -1.70. The van der Waals surface area contributed by atoms with Crippen LogP contribution in [-0.4, -0.2) is 21.3 Å². The Morgan fingerprint density at radius 3 is 2.87 bits per heavy atom. The number of hydrogen-bond acceptors (Lipinski definition) is 5. The van der Waals surface area contributed by atoms with E-state index in [9.17, 15) is 0 Å². The van der Waals surface area contributed by atoms with Crippen LogP contribution in [-0.2, 0) is 6.54 Å². The number of para-hydroxylation sites is 1. The molecule has 0 saturated carbocycles. The van der Waals surface area contributed by atoms with Crippen molar-refractivity contribution in [3.63, 3.8) is 0 Å². The van der Waals surface area contributed by atoms with E-state index in [0.717, 1.165) is 21.6 Å². The molecule has 120 valence electrons. The lowest BCUT2D eigenvalue weighted by atomic mass is 10.1. The van der Waals surface area contributed by atoms with Crippen LogP contribution in [0.5, 0.6) is 5.88 Å². The van der Waals surface area contributed by atoms with Gasteiger partial charge in [-0.3, -0.25) is 0 Å². The second-order valence-corrected chi connectivity index (χ2v) is 6.69. The maximum atomic E-state index is 5.20. The Balaban J connectivity index is 1.76. The molecular formula is C16H17BrN4OS. The number of hydrogen-bond donors (Lipinski definition) is 1. The van der Waals surface area contributed by atoms with Crippen molar-refractivity contribution in [3.05, 3.63) is 57.6 Å². The summed E-state index contributed by atoms with van der Waals surface area (Å²) in [5, 5.41) is 7.87. The minimum absolute atomic E-state index is 0.176. The maximum Gasteiger partial charge on any atom is 0.239 e. The second kappa shape index (κ2) is 7.25. The standard InChI is InChI=1S/C16H17BrN4OS/c1-11(18-10-14-15(17)16(22-2)20-23-14)12-6-3-4-7-13(12)21-9-5-8-19-21/h3-9,11,18H,10H2,1-2H3. The summed E-state index contributed by atoms with van der Waals surface area (Å²) in [6, 6.07) is 10.4. The predicted octanol–water partition coefficient (Wildman–Crippen LogP) is 3.95. The first kappa shape index (κ1) is 16.2. The molecule has 7 heteroatoms. The Morgan fingerprint density at radius 1 is 1.35 bits per heavy atom. The van der Waals surface area contributed by atoms with Crippen LogP contribution in [0.3, 0.4) is 0 Å². The van der Waals surface area contributed by atoms with E-state index in [0.29, 0.717) is 5.88 Å². The van der Waals surface area contributed by atoms with E-state index < -0.39 is 0 Å². The smallest absolute Gasteiger partial charge is 0.239 e. The van der Waals surface area contributed by atoms with Gasteiger partial charge in [0.25, 0.3) is 0 Å². The molecule has 1 unspecified atom stereocenters. The molecule has 0 radical (unpaired) electrons. The number of halogens is 1. The summed E-state index contributed by atoms with van der Waals surface area (Å²) < 4.78 is 12.3. The van der Waals surface area contributed by atoms with Gasteiger partial charge in [-0.15, -0.1) is 0 Å². The topological polar surface area (TPSA) is 52.0 Å². The van der Waals surface area contributed by atoms with Crippen molar-refractivity contribution in [3.8, 4) is 11.6 Å². The number of ether oxygens (including phenoxy) is 1. The average molecular weight is 393 g/mol. The summed E-state index contributed by atoms with van der Waals surface area (Å²) in [7, 11) is 1.62. The van der Waals surface area contributed by atoms with Crippen LogP contribution >= 0.6 is 27.5 Å². The Kier molecular flexibility index (Phi) is 5.09. The molecule has 0 saturated heterocycles.